The number of hydrogen-bond donors (Lipinski definition) is 2. The number of benzene rings is 1. The van der Waals surface area contributed by atoms with Gasteiger partial charge in [0.2, 0.25) is 5.91 Å². The van der Waals surface area contributed by atoms with Gasteiger partial charge in [0.15, 0.2) is 0 Å². The number of carbonyl (C=O) groups excluding carboxylic acids is 1. The van der Waals surface area contributed by atoms with Crippen molar-refractivity contribution in [2.24, 2.45) is 11.8 Å². The van der Waals surface area contributed by atoms with Gasteiger partial charge in [0.05, 0.1) is 6.10 Å². The fraction of sp³-hybridized carbons (Fsp3) is 0.588. The number of rotatable bonds is 5. The van der Waals surface area contributed by atoms with E-state index in [4.69, 9.17) is 11.6 Å². The molecule has 0 aliphatic heterocycles. The third-order valence-corrected chi connectivity index (χ3v) is 5.11. The summed E-state index contributed by atoms with van der Waals surface area (Å²) in [6.45, 7) is 0.396. The van der Waals surface area contributed by atoms with E-state index in [0.717, 1.165) is 24.3 Å². The zero-order valence-electron chi connectivity index (χ0n) is 12.1. The highest BCUT2D eigenvalue weighted by atomic mass is 35.5. The van der Waals surface area contributed by atoms with Crippen molar-refractivity contribution in [1.82, 2.24) is 5.32 Å². The lowest BCUT2D eigenvalue weighted by molar-refractivity contribution is -0.123. The van der Waals surface area contributed by atoms with Crippen LogP contribution in [-0.2, 0) is 4.79 Å². The second-order valence-electron chi connectivity index (χ2n) is 6.36. The van der Waals surface area contributed by atoms with Crippen molar-refractivity contribution in [3.05, 3.63) is 34.9 Å². The lowest BCUT2D eigenvalue weighted by atomic mass is 10.0. The zero-order chi connectivity index (χ0) is 14.8. The van der Waals surface area contributed by atoms with Gasteiger partial charge in [0.25, 0.3) is 0 Å². The van der Waals surface area contributed by atoms with Gasteiger partial charge in [-0.2, -0.15) is 0 Å². The van der Waals surface area contributed by atoms with Gasteiger partial charge in [-0.25, -0.2) is 0 Å². The van der Waals surface area contributed by atoms with Gasteiger partial charge >= 0.3 is 0 Å². The Morgan fingerprint density at radius 2 is 1.95 bits per heavy atom. The highest BCUT2D eigenvalue weighted by Gasteiger charge is 2.43. The van der Waals surface area contributed by atoms with E-state index in [-0.39, 0.29) is 17.9 Å². The van der Waals surface area contributed by atoms with Crippen molar-refractivity contribution in [3.8, 4) is 0 Å². The first kappa shape index (κ1) is 14.9. The minimum atomic E-state index is -0.385. The summed E-state index contributed by atoms with van der Waals surface area (Å²) >= 11 is 5.88. The van der Waals surface area contributed by atoms with Crippen LogP contribution in [0.2, 0.25) is 5.02 Å². The number of halogens is 1. The molecule has 0 bridgehead atoms. The first-order chi connectivity index (χ1) is 10.1. The Hall–Kier alpha value is -1.06. The maximum atomic E-state index is 12.1. The summed E-state index contributed by atoms with van der Waals surface area (Å²) < 4.78 is 0. The molecule has 3 rings (SSSR count). The van der Waals surface area contributed by atoms with E-state index in [2.05, 4.69) is 5.32 Å². The molecule has 2 aliphatic carbocycles. The van der Waals surface area contributed by atoms with E-state index in [9.17, 15) is 9.90 Å². The van der Waals surface area contributed by atoms with Gasteiger partial charge in [0.1, 0.15) is 0 Å². The number of aliphatic hydroxyl groups excluding tert-OH is 1. The average Bonchev–Trinajstić information content (AvgIpc) is 3.09. The molecule has 21 heavy (non-hydrogen) atoms. The molecule has 1 aromatic rings. The third-order valence-electron chi connectivity index (χ3n) is 4.85. The summed E-state index contributed by atoms with van der Waals surface area (Å²) in [5.74, 6) is 0.816. The molecule has 3 atom stereocenters. The molecule has 2 aliphatic rings. The predicted octanol–water partition coefficient (Wildman–Crippen LogP) is 3.11. The van der Waals surface area contributed by atoms with Crippen molar-refractivity contribution in [1.29, 1.82) is 0 Å². The van der Waals surface area contributed by atoms with Crippen LogP contribution in [0.3, 0.4) is 0 Å². The molecule has 4 heteroatoms. The monoisotopic (exact) mass is 307 g/mol. The molecule has 2 saturated carbocycles. The van der Waals surface area contributed by atoms with Crippen LogP contribution < -0.4 is 5.32 Å². The smallest absolute Gasteiger partial charge is 0.223 e. The maximum Gasteiger partial charge on any atom is 0.223 e. The highest BCUT2D eigenvalue weighted by Crippen LogP contribution is 2.47. The van der Waals surface area contributed by atoms with Crippen molar-refractivity contribution in [3.63, 3.8) is 0 Å². The number of hydrogen-bond acceptors (Lipinski definition) is 2. The lowest BCUT2D eigenvalue weighted by Gasteiger charge is -2.18. The third kappa shape index (κ3) is 3.58. The largest absolute Gasteiger partial charge is 0.391 e. The predicted molar refractivity (Wildman–Crippen MR) is 83.3 cm³/mol. The van der Waals surface area contributed by atoms with Crippen molar-refractivity contribution < 1.29 is 9.90 Å². The Bertz CT molecular complexity index is 496. The normalized spacial score (nSPS) is 26.6. The average molecular weight is 308 g/mol. The molecule has 3 unspecified atom stereocenters. The molecule has 2 fully saturated rings. The SMILES string of the molecule is O=C(NCC(O)C1CCCC1)C1CC1c1ccc(Cl)cc1. The van der Waals surface area contributed by atoms with Crippen molar-refractivity contribution in [2.75, 3.05) is 6.54 Å². The van der Waals surface area contributed by atoms with Crippen LogP contribution >= 0.6 is 11.6 Å². The molecule has 0 heterocycles. The van der Waals surface area contributed by atoms with Crippen LogP contribution in [0.15, 0.2) is 24.3 Å². The Morgan fingerprint density at radius 3 is 2.62 bits per heavy atom. The Labute approximate surface area is 130 Å². The molecule has 3 nitrogen and oxygen atoms in total. The summed E-state index contributed by atoms with van der Waals surface area (Å²) in [7, 11) is 0. The molecule has 0 saturated heterocycles. The van der Waals surface area contributed by atoms with Crippen LogP contribution in [0.5, 0.6) is 0 Å². The van der Waals surface area contributed by atoms with Gasteiger partial charge in [-0.05, 0) is 48.8 Å². The van der Waals surface area contributed by atoms with Crippen LogP contribution in [0.25, 0.3) is 0 Å². The molecule has 0 aromatic heterocycles. The van der Waals surface area contributed by atoms with E-state index in [1.807, 2.05) is 24.3 Å². The van der Waals surface area contributed by atoms with Crippen LogP contribution in [-0.4, -0.2) is 23.7 Å². The topological polar surface area (TPSA) is 49.3 Å². The van der Waals surface area contributed by atoms with E-state index >= 15 is 0 Å². The highest BCUT2D eigenvalue weighted by molar-refractivity contribution is 6.30. The van der Waals surface area contributed by atoms with E-state index in [1.165, 1.54) is 18.4 Å². The molecule has 0 spiro atoms. The number of aliphatic hydroxyl groups is 1. The van der Waals surface area contributed by atoms with Crippen LogP contribution in [0, 0.1) is 11.8 Å². The van der Waals surface area contributed by atoms with Gasteiger partial charge in [-0.3, -0.25) is 4.79 Å². The Balaban J connectivity index is 1.45. The van der Waals surface area contributed by atoms with Crippen molar-refractivity contribution in [2.45, 2.75) is 44.1 Å². The number of carbonyl (C=O) groups is 1. The standard InChI is InChI=1S/C17H22ClNO2/c18-13-7-5-11(6-8-13)14-9-15(14)17(21)19-10-16(20)12-3-1-2-4-12/h5-8,12,14-16,20H,1-4,9-10H2,(H,19,21). The summed E-state index contributed by atoms with van der Waals surface area (Å²) in [6.07, 6.45) is 5.10. The minimum Gasteiger partial charge on any atom is -0.391 e. The van der Waals surface area contributed by atoms with Crippen LogP contribution in [0.1, 0.15) is 43.6 Å². The molecule has 114 valence electrons. The number of amides is 1. The zero-order valence-corrected chi connectivity index (χ0v) is 12.9. The van der Waals surface area contributed by atoms with Gasteiger partial charge in [0, 0.05) is 17.5 Å². The molecule has 1 aromatic carbocycles. The van der Waals surface area contributed by atoms with E-state index < -0.39 is 0 Å². The van der Waals surface area contributed by atoms with Crippen LogP contribution in [0.4, 0.5) is 0 Å². The quantitative estimate of drug-likeness (QED) is 0.878. The van der Waals surface area contributed by atoms with E-state index in [1.54, 1.807) is 0 Å². The second-order valence-corrected chi connectivity index (χ2v) is 6.79. The minimum absolute atomic E-state index is 0.0574. The first-order valence-electron chi connectivity index (χ1n) is 7.86. The molecule has 0 radical (unpaired) electrons. The van der Waals surface area contributed by atoms with Gasteiger partial charge < -0.3 is 10.4 Å². The fourth-order valence-corrected chi connectivity index (χ4v) is 3.53. The van der Waals surface area contributed by atoms with Crippen molar-refractivity contribution >= 4 is 17.5 Å². The summed E-state index contributed by atoms with van der Waals surface area (Å²) in [5, 5.41) is 13.7. The fourth-order valence-electron chi connectivity index (χ4n) is 3.41. The number of nitrogens with one attached hydrogen (secondary N) is 1. The van der Waals surface area contributed by atoms with Gasteiger partial charge in [-0.1, -0.05) is 36.6 Å². The molecular formula is C17H22ClNO2. The molecular weight excluding hydrogens is 286 g/mol. The molecule has 1 amide bonds. The summed E-state index contributed by atoms with van der Waals surface area (Å²) in [4.78, 5) is 12.1. The van der Waals surface area contributed by atoms with E-state index in [0.29, 0.717) is 18.4 Å². The summed E-state index contributed by atoms with van der Waals surface area (Å²) in [5.41, 5.74) is 1.18. The summed E-state index contributed by atoms with van der Waals surface area (Å²) in [6, 6.07) is 7.73. The Kier molecular flexibility index (Phi) is 4.51. The lowest BCUT2D eigenvalue weighted by Crippen LogP contribution is -2.36. The second kappa shape index (κ2) is 6.37. The maximum absolute atomic E-state index is 12.1. The van der Waals surface area contributed by atoms with Gasteiger partial charge in [-0.15, -0.1) is 0 Å². The first-order valence-corrected chi connectivity index (χ1v) is 8.24. The molecule has 2 N–H and O–H groups in total. The Morgan fingerprint density at radius 1 is 1.29 bits per heavy atom.